The SMILES string of the molecule is Nc1ccc(NC(=O)Nc2ccccc2)c(O)c1. The minimum Gasteiger partial charge on any atom is -0.506 e. The second kappa shape index (κ2) is 5.09. The molecule has 92 valence electrons. The zero-order valence-electron chi connectivity index (χ0n) is 9.55. The Kier molecular flexibility index (Phi) is 3.33. The Hall–Kier alpha value is -2.69. The van der Waals surface area contributed by atoms with E-state index in [-0.39, 0.29) is 5.75 Å². The van der Waals surface area contributed by atoms with E-state index in [2.05, 4.69) is 10.6 Å². The Labute approximate surface area is 104 Å². The number of benzene rings is 2. The molecule has 2 amide bonds. The summed E-state index contributed by atoms with van der Waals surface area (Å²) in [5, 5.41) is 14.8. The molecule has 2 aromatic rings. The number of carbonyl (C=O) groups is 1. The highest BCUT2D eigenvalue weighted by molar-refractivity contribution is 6.00. The van der Waals surface area contributed by atoms with E-state index in [4.69, 9.17) is 5.73 Å². The molecule has 5 heteroatoms. The van der Waals surface area contributed by atoms with Gasteiger partial charge in [0.15, 0.2) is 0 Å². The minimum atomic E-state index is -0.429. The van der Waals surface area contributed by atoms with E-state index in [1.165, 1.54) is 12.1 Å². The topological polar surface area (TPSA) is 87.4 Å². The van der Waals surface area contributed by atoms with Crippen LogP contribution in [-0.2, 0) is 0 Å². The molecule has 0 heterocycles. The highest BCUT2D eigenvalue weighted by Gasteiger charge is 2.06. The lowest BCUT2D eigenvalue weighted by Gasteiger charge is -2.09. The van der Waals surface area contributed by atoms with Crippen molar-refractivity contribution in [1.29, 1.82) is 0 Å². The van der Waals surface area contributed by atoms with Crippen LogP contribution in [0.3, 0.4) is 0 Å². The number of phenolic OH excluding ortho intramolecular Hbond substituents is 1. The molecule has 0 fully saturated rings. The number of aromatic hydroxyl groups is 1. The zero-order chi connectivity index (χ0) is 13.0. The van der Waals surface area contributed by atoms with E-state index in [1.54, 1.807) is 18.2 Å². The molecular weight excluding hydrogens is 230 g/mol. The van der Waals surface area contributed by atoms with Crippen molar-refractivity contribution in [2.45, 2.75) is 0 Å². The van der Waals surface area contributed by atoms with Crippen molar-refractivity contribution in [1.82, 2.24) is 0 Å². The van der Waals surface area contributed by atoms with Crippen LogP contribution >= 0.6 is 0 Å². The Morgan fingerprint density at radius 3 is 2.44 bits per heavy atom. The number of anilines is 3. The summed E-state index contributed by atoms with van der Waals surface area (Å²) >= 11 is 0. The number of nitrogens with one attached hydrogen (secondary N) is 2. The number of urea groups is 1. The average Bonchev–Trinajstić information content (AvgIpc) is 2.34. The van der Waals surface area contributed by atoms with E-state index in [0.29, 0.717) is 17.1 Å². The van der Waals surface area contributed by atoms with E-state index in [9.17, 15) is 9.90 Å². The Bertz CT molecular complexity index is 555. The lowest BCUT2D eigenvalue weighted by atomic mass is 10.2. The summed E-state index contributed by atoms with van der Waals surface area (Å²) in [6.07, 6.45) is 0. The standard InChI is InChI=1S/C13H13N3O2/c14-9-6-7-11(12(17)8-9)16-13(18)15-10-4-2-1-3-5-10/h1-8,17H,14H2,(H2,15,16,18). The van der Waals surface area contributed by atoms with Crippen molar-refractivity contribution in [3.63, 3.8) is 0 Å². The van der Waals surface area contributed by atoms with Crippen molar-refractivity contribution in [3.05, 3.63) is 48.5 Å². The number of phenols is 1. The van der Waals surface area contributed by atoms with Crippen molar-refractivity contribution in [2.75, 3.05) is 16.4 Å². The first kappa shape index (κ1) is 11.8. The molecule has 0 saturated heterocycles. The van der Waals surface area contributed by atoms with Crippen LogP contribution in [-0.4, -0.2) is 11.1 Å². The summed E-state index contributed by atoms with van der Waals surface area (Å²) in [7, 11) is 0. The Morgan fingerprint density at radius 1 is 1.06 bits per heavy atom. The molecule has 0 bridgehead atoms. The van der Waals surface area contributed by atoms with Gasteiger partial charge in [0.1, 0.15) is 5.75 Å². The smallest absolute Gasteiger partial charge is 0.323 e. The first-order valence-corrected chi connectivity index (χ1v) is 5.37. The van der Waals surface area contributed by atoms with E-state index in [1.807, 2.05) is 18.2 Å². The van der Waals surface area contributed by atoms with E-state index < -0.39 is 6.03 Å². The van der Waals surface area contributed by atoms with Crippen molar-refractivity contribution in [2.24, 2.45) is 0 Å². The maximum absolute atomic E-state index is 11.7. The highest BCUT2D eigenvalue weighted by Crippen LogP contribution is 2.25. The first-order chi connectivity index (χ1) is 8.65. The van der Waals surface area contributed by atoms with Crippen LogP contribution in [0, 0.1) is 0 Å². The quantitative estimate of drug-likeness (QED) is 0.483. The molecule has 2 rings (SSSR count). The van der Waals surface area contributed by atoms with Gasteiger partial charge in [-0.25, -0.2) is 4.79 Å². The van der Waals surface area contributed by atoms with Gasteiger partial charge in [-0.2, -0.15) is 0 Å². The molecular formula is C13H13N3O2. The van der Waals surface area contributed by atoms with Crippen LogP contribution in [0.2, 0.25) is 0 Å². The molecule has 18 heavy (non-hydrogen) atoms. The fraction of sp³-hybridized carbons (Fsp3) is 0. The van der Waals surface area contributed by atoms with Gasteiger partial charge in [-0.15, -0.1) is 0 Å². The van der Waals surface area contributed by atoms with Crippen LogP contribution in [0.1, 0.15) is 0 Å². The van der Waals surface area contributed by atoms with Crippen molar-refractivity contribution < 1.29 is 9.90 Å². The molecule has 0 unspecified atom stereocenters. The second-order valence-corrected chi connectivity index (χ2v) is 3.72. The lowest BCUT2D eigenvalue weighted by molar-refractivity contribution is 0.262. The Balaban J connectivity index is 2.03. The number of rotatable bonds is 2. The molecule has 0 saturated carbocycles. The van der Waals surface area contributed by atoms with Gasteiger partial charge in [-0.3, -0.25) is 0 Å². The summed E-state index contributed by atoms with van der Waals surface area (Å²) in [6, 6.07) is 13.1. The van der Waals surface area contributed by atoms with Gasteiger partial charge in [-0.05, 0) is 24.3 Å². The van der Waals surface area contributed by atoms with Crippen LogP contribution in [0.4, 0.5) is 21.9 Å². The summed E-state index contributed by atoms with van der Waals surface area (Å²) in [6.45, 7) is 0. The van der Waals surface area contributed by atoms with E-state index >= 15 is 0 Å². The third-order valence-electron chi connectivity index (χ3n) is 2.30. The molecule has 0 spiro atoms. The fourth-order valence-electron chi connectivity index (χ4n) is 1.46. The lowest BCUT2D eigenvalue weighted by Crippen LogP contribution is -2.19. The minimum absolute atomic E-state index is 0.0711. The van der Waals surface area contributed by atoms with Gasteiger partial charge < -0.3 is 21.5 Å². The molecule has 0 aromatic heterocycles. The normalized spacial score (nSPS) is 9.78. The number of hydrogen-bond acceptors (Lipinski definition) is 3. The fourth-order valence-corrected chi connectivity index (χ4v) is 1.46. The largest absolute Gasteiger partial charge is 0.506 e. The average molecular weight is 243 g/mol. The molecule has 2 aromatic carbocycles. The van der Waals surface area contributed by atoms with Gasteiger partial charge >= 0.3 is 6.03 Å². The summed E-state index contributed by atoms with van der Waals surface area (Å²) in [4.78, 5) is 11.7. The van der Waals surface area contributed by atoms with Gasteiger partial charge in [0.2, 0.25) is 0 Å². The monoisotopic (exact) mass is 243 g/mol. The van der Waals surface area contributed by atoms with Gasteiger partial charge in [0.05, 0.1) is 5.69 Å². The van der Waals surface area contributed by atoms with Crippen molar-refractivity contribution in [3.8, 4) is 5.75 Å². The maximum atomic E-state index is 11.7. The molecule has 0 radical (unpaired) electrons. The van der Waals surface area contributed by atoms with Crippen molar-refractivity contribution >= 4 is 23.1 Å². The van der Waals surface area contributed by atoms with Crippen LogP contribution in [0.25, 0.3) is 0 Å². The van der Waals surface area contributed by atoms with Gasteiger partial charge in [0.25, 0.3) is 0 Å². The van der Waals surface area contributed by atoms with E-state index in [0.717, 1.165) is 0 Å². The number of nitrogen functional groups attached to an aromatic ring is 1. The Morgan fingerprint density at radius 2 is 1.78 bits per heavy atom. The molecule has 5 nitrogen and oxygen atoms in total. The highest BCUT2D eigenvalue weighted by atomic mass is 16.3. The van der Waals surface area contributed by atoms with Crippen LogP contribution < -0.4 is 16.4 Å². The predicted octanol–water partition coefficient (Wildman–Crippen LogP) is 2.62. The van der Waals surface area contributed by atoms with Gasteiger partial charge in [-0.1, -0.05) is 18.2 Å². The second-order valence-electron chi connectivity index (χ2n) is 3.72. The van der Waals surface area contributed by atoms with Gasteiger partial charge in [0, 0.05) is 17.4 Å². The molecule has 0 aliphatic heterocycles. The van der Waals surface area contributed by atoms with Crippen LogP contribution in [0.15, 0.2) is 48.5 Å². The number of para-hydroxylation sites is 1. The maximum Gasteiger partial charge on any atom is 0.323 e. The number of nitrogens with two attached hydrogens (primary N) is 1. The molecule has 0 aliphatic carbocycles. The third kappa shape index (κ3) is 2.91. The predicted molar refractivity (Wildman–Crippen MR) is 71.6 cm³/mol. The van der Waals surface area contributed by atoms with Crippen LogP contribution in [0.5, 0.6) is 5.75 Å². The molecule has 5 N–H and O–H groups in total. The summed E-state index contributed by atoms with van der Waals surface area (Å²) in [5.41, 5.74) is 6.90. The molecule has 0 atom stereocenters. The number of hydrogen-bond donors (Lipinski definition) is 4. The zero-order valence-corrected chi connectivity index (χ0v) is 9.55. The summed E-state index contributed by atoms with van der Waals surface area (Å²) < 4.78 is 0. The first-order valence-electron chi connectivity index (χ1n) is 5.37. The summed E-state index contributed by atoms with van der Waals surface area (Å²) in [5.74, 6) is -0.0711. The number of amides is 2. The third-order valence-corrected chi connectivity index (χ3v) is 2.30. The molecule has 0 aliphatic rings. The number of carbonyl (C=O) groups excluding carboxylic acids is 1.